The van der Waals surface area contributed by atoms with Gasteiger partial charge < -0.3 is 14.6 Å². The second kappa shape index (κ2) is 36.4. The Bertz CT molecular complexity index is 593. The van der Waals surface area contributed by atoms with Crippen molar-refractivity contribution < 1.29 is 24.2 Å². The fraction of sp³-hybridized carbons (Fsp3) is 0.949. The van der Waals surface area contributed by atoms with E-state index in [0.717, 1.165) is 32.1 Å². The van der Waals surface area contributed by atoms with Gasteiger partial charge in [-0.05, 0) is 12.8 Å². The Hall–Kier alpha value is -1.10. The van der Waals surface area contributed by atoms with Crippen molar-refractivity contribution in [3.05, 3.63) is 0 Å². The number of ether oxygens (including phenoxy) is 2. The summed E-state index contributed by atoms with van der Waals surface area (Å²) in [4.78, 5) is 24.1. The Morgan fingerprint density at radius 3 is 1.00 bits per heavy atom. The van der Waals surface area contributed by atoms with Crippen molar-refractivity contribution in [3.8, 4) is 0 Å². The fourth-order valence-corrected chi connectivity index (χ4v) is 5.91. The molecule has 262 valence electrons. The van der Waals surface area contributed by atoms with Crippen LogP contribution in [-0.4, -0.2) is 36.4 Å². The summed E-state index contributed by atoms with van der Waals surface area (Å²) in [5.41, 5.74) is 0. The van der Waals surface area contributed by atoms with Crippen molar-refractivity contribution in [2.75, 3.05) is 13.2 Å². The van der Waals surface area contributed by atoms with Gasteiger partial charge in [0.15, 0.2) is 6.10 Å². The van der Waals surface area contributed by atoms with Crippen LogP contribution >= 0.6 is 0 Å². The maximum absolute atomic E-state index is 12.1. The quantitative estimate of drug-likeness (QED) is 0.0554. The first-order valence-corrected chi connectivity index (χ1v) is 19.6. The first-order valence-electron chi connectivity index (χ1n) is 19.6. The van der Waals surface area contributed by atoms with Crippen molar-refractivity contribution >= 4 is 11.9 Å². The summed E-state index contributed by atoms with van der Waals surface area (Å²) in [6, 6.07) is 0. The summed E-state index contributed by atoms with van der Waals surface area (Å²) in [6.45, 7) is 4.14. The molecule has 0 saturated carbocycles. The Balaban J connectivity index is 3.43. The second-order valence-corrected chi connectivity index (χ2v) is 13.4. The van der Waals surface area contributed by atoms with Gasteiger partial charge >= 0.3 is 11.9 Å². The molecule has 0 fully saturated rings. The first kappa shape index (κ1) is 42.9. The van der Waals surface area contributed by atoms with Gasteiger partial charge in [0.1, 0.15) is 6.61 Å². The number of rotatable bonds is 36. The maximum atomic E-state index is 12.1. The van der Waals surface area contributed by atoms with E-state index in [-0.39, 0.29) is 25.2 Å². The summed E-state index contributed by atoms with van der Waals surface area (Å²) in [5, 5.41) is 9.51. The molecular weight excluding hydrogens is 548 g/mol. The van der Waals surface area contributed by atoms with Crippen molar-refractivity contribution in [3.63, 3.8) is 0 Å². The zero-order valence-electron chi connectivity index (χ0n) is 29.7. The Labute approximate surface area is 274 Å². The normalized spacial score (nSPS) is 12.0. The molecule has 0 aromatic rings. The standard InChI is InChI=1S/C39H76O5/c1-3-5-7-9-11-13-14-15-16-17-18-19-20-21-22-23-24-26-27-29-31-33-38(41)43-36-37(35-40)44-39(42)34-32-30-28-25-12-10-8-6-4-2/h37,40H,3-36H2,1-2H3/t37-/m0/s1. The average molecular weight is 625 g/mol. The molecule has 0 rings (SSSR count). The molecule has 0 amide bonds. The van der Waals surface area contributed by atoms with Crippen molar-refractivity contribution in [1.82, 2.24) is 0 Å². The van der Waals surface area contributed by atoms with Crippen LogP contribution in [0.4, 0.5) is 0 Å². The summed E-state index contributed by atoms with van der Waals surface area (Å²) in [5.74, 6) is -0.580. The van der Waals surface area contributed by atoms with Crippen LogP contribution in [-0.2, 0) is 19.1 Å². The molecule has 5 nitrogen and oxygen atoms in total. The zero-order valence-corrected chi connectivity index (χ0v) is 29.7. The summed E-state index contributed by atoms with van der Waals surface area (Å²) in [7, 11) is 0. The third-order valence-electron chi connectivity index (χ3n) is 8.90. The number of carbonyl (C=O) groups is 2. The monoisotopic (exact) mass is 625 g/mol. The number of aliphatic hydroxyl groups excluding tert-OH is 1. The lowest BCUT2D eigenvalue weighted by molar-refractivity contribution is -0.161. The minimum Gasteiger partial charge on any atom is -0.462 e. The number of esters is 2. The van der Waals surface area contributed by atoms with Crippen molar-refractivity contribution in [1.29, 1.82) is 0 Å². The molecule has 0 unspecified atom stereocenters. The number of aliphatic hydroxyl groups is 1. The minimum absolute atomic E-state index is 0.0575. The van der Waals surface area contributed by atoms with Gasteiger partial charge in [-0.2, -0.15) is 0 Å². The first-order chi connectivity index (χ1) is 21.6. The highest BCUT2D eigenvalue weighted by atomic mass is 16.6. The lowest BCUT2D eigenvalue weighted by Gasteiger charge is -2.15. The smallest absolute Gasteiger partial charge is 0.306 e. The molecule has 0 aliphatic carbocycles. The molecule has 0 spiro atoms. The van der Waals surface area contributed by atoms with Crippen LogP contribution in [0.2, 0.25) is 0 Å². The van der Waals surface area contributed by atoms with E-state index in [1.807, 2.05) is 0 Å². The molecule has 0 radical (unpaired) electrons. The van der Waals surface area contributed by atoms with Crippen LogP contribution in [0.1, 0.15) is 219 Å². The minimum atomic E-state index is -0.760. The summed E-state index contributed by atoms with van der Waals surface area (Å²) < 4.78 is 10.6. The second-order valence-electron chi connectivity index (χ2n) is 13.4. The van der Waals surface area contributed by atoms with Gasteiger partial charge in [0.25, 0.3) is 0 Å². The van der Waals surface area contributed by atoms with Crippen LogP contribution in [0.15, 0.2) is 0 Å². The lowest BCUT2D eigenvalue weighted by Crippen LogP contribution is -2.28. The molecule has 0 heterocycles. The highest BCUT2D eigenvalue weighted by molar-refractivity contribution is 5.70. The molecular formula is C39H76O5. The third-order valence-corrected chi connectivity index (χ3v) is 8.90. The molecule has 5 heteroatoms. The molecule has 0 aliphatic heterocycles. The van der Waals surface area contributed by atoms with Gasteiger partial charge in [-0.1, -0.05) is 194 Å². The number of hydrogen-bond donors (Lipinski definition) is 1. The molecule has 0 bridgehead atoms. The van der Waals surface area contributed by atoms with Crippen LogP contribution < -0.4 is 0 Å². The topological polar surface area (TPSA) is 72.8 Å². The van der Waals surface area contributed by atoms with E-state index in [0.29, 0.717) is 12.8 Å². The van der Waals surface area contributed by atoms with E-state index in [2.05, 4.69) is 13.8 Å². The SMILES string of the molecule is CCCCCCCCCCCCCCCCCCCCCCCC(=O)OC[C@H](CO)OC(=O)CCCCCCCCCCC. The molecule has 44 heavy (non-hydrogen) atoms. The van der Waals surface area contributed by atoms with Gasteiger partial charge in [-0.15, -0.1) is 0 Å². The van der Waals surface area contributed by atoms with E-state index in [1.54, 1.807) is 0 Å². The Morgan fingerprint density at radius 1 is 0.432 bits per heavy atom. The number of carbonyl (C=O) groups excluding carboxylic acids is 2. The number of hydrogen-bond acceptors (Lipinski definition) is 5. The van der Waals surface area contributed by atoms with E-state index >= 15 is 0 Å². The molecule has 0 aliphatic rings. The van der Waals surface area contributed by atoms with Gasteiger partial charge in [0.05, 0.1) is 6.61 Å². The van der Waals surface area contributed by atoms with E-state index in [4.69, 9.17) is 9.47 Å². The Morgan fingerprint density at radius 2 is 0.705 bits per heavy atom. The molecule has 0 aromatic heterocycles. The largest absolute Gasteiger partial charge is 0.462 e. The molecule has 0 saturated heterocycles. The van der Waals surface area contributed by atoms with E-state index in [9.17, 15) is 14.7 Å². The maximum Gasteiger partial charge on any atom is 0.306 e. The molecule has 1 atom stereocenters. The van der Waals surface area contributed by atoms with Crippen LogP contribution in [0.25, 0.3) is 0 Å². The van der Waals surface area contributed by atoms with Crippen LogP contribution in [0.5, 0.6) is 0 Å². The average Bonchev–Trinajstić information content (AvgIpc) is 3.02. The third kappa shape index (κ3) is 33.8. The predicted octanol–water partition coefficient (Wildman–Crippen LogP) is 12.0. The van der Waals surface area contributed by atoms with E-state index < -0.39 is 6.10 Å². The predicted molar refractivity (Wildman–Crippen MR) is 187 cm³/mol. The Kier molecular flexibility index (Phi) is 35.5. The fourth-order valence-electron chi connectivity index (χ4n) is 5.91. The highest BCUT2D eigenvalue weighted by Crippen LogP contribution is 2.16. The summed E-state index contributed by atoms with van der Waals surface area (Å²) >= 11 is 0. The van der Waals surface area contributed by atoms with Gasteiger partial charge in [0, 0.05) is 12.8 Å². The van der Waals surface area contributed by atoms with Crippen molar-refractivity contribution in [2.45, 2.75) is 225 Å². The van der Waals surface area contributed by atoms with Gasteiger partial charge in [-0.3, -0.25) is 9.59 Å². The van der Waals surface area contributed by atoms with Gasteiger partial charge in [-0.25, -0.2) is 0 Å². The van der Waals surface area contributed by atoms with Gasteiger partial charge in [0.2, 0.25) is 0 Å². The number of unbranched alkanes of at least 4 members (excludes halogenated alkanes) is 28. The summed E-state index contributed by atoms with van der Waals surface area (Å²) in [6.07, 6.45) is 38.9. The molecule has 0 aromatic carbocycles. The zero-order chi connectivity index (χ0) is 32.2. The highest BCUT2D eigenvalue weighted by Gasteiger charge is 2.16. The molecule has 1 N–H and O–H groups in total. The van der Waals surface area contributed by atoms with Crippen LogP contribution in [0.3, 0.4) is 0 Å². The van der Waals surface area contributed by atoms with E-state index in [1.165, 1.54) is 161 Å². The lowest BCUT2D eigenvalue weighted by atomic mass is 10.0. The van der Waals surface area contributed by atoms with Crippen LogP contribution in [0, 0.1) is 0 Å². The van der Waals surface area contributed by atoms with Crippen molar-refractivity contribution in [2.24, 2.45) is 0 Å².